The molecule has 0 atom stereocenters. The normalized spacial score (nSPS) is 12.3. The fourth-order valence-electron chi connectivity index (χ4n) is 0.811. The van der Waals surface area contributed by atoms with Gasteiger partial charge in [-0.15, -0.1) is 0 Å². The van der Waals surface area contributed by atoms with Crippen molar-refractivity contribution in [1.82, 2.24) is 5.06 Å². The highest BCUT2D eigenvalue weighted by Crippen LogP contribution is 2.05. The fourth-order valence-corrected chi connectivity index (χ4v) is 1.45. The summed E-state index contributed by atoms with van der Waals surface area (Å²) in [4.78, 5) is 0. The van der Waals surface area contributed by atoms with Crippen LogP contribution in [0.15, 0.2) is 0 Å². The number of hydroxylamine groups is 2. The van der Waals surface area contributed by atoms with Gasteiger partial charge in [-0.1, -0.05) is 13.8 Å². The second-order valence-corrected chi connectivity index (χ2v) is 4.47. The van der Waals surface area contributed by atoms with E-state index < -0.39 is 9.33 Å². The van der Waals surface area contributed by atoms with Crippen molar-refractivity contribution in [3.8, 4) is 0 Å². The average Bonchev–Trinajstić information content (AvgIpc) is 1.84. The van der Waals surface area contributed by atoms with Crippen molar-refractivity contribution in [2.75, 3.05) is 13.1 Å². The molecule has 0 N–H and O–H groups in total. The molecule has 0 aromatic rings. The summed E-state index contributed by atoms with van der Waals surface area (Å²) >= 11 is 0. The molecule has 0 aromatic carbocycles. The van der Waals surface area contributed by atoms with Crippen molar-refractivity contribution in [1.29, 1.82) is 0 Å². The zero-order valence-corrected chi connectivity index (χ0v) is 8.86. The summed E-state index contributed by atoms with van der Waals surface area (Å²) in [6.45, 7) is 5.01. The van der Waals surface area contributed by atoms with E-state index in [1.807, 2.05) is 13.8 Å². The minimum atomic E-state index is -3.87. The number of halogens is 1. The van der Waals surface area contributed by atoms with E-state index >= 15 is 0 Å². The Morgan fingerprint density at radius 3 is 1.92 bits per heavy atom. The van der Waals surface area contributed by atoms with Gasteiger partial charge in [0, 0.05) is 13.1 Å². The summed E-state index contributed by atoms with van der Waals surface area (Å²) in [6, 6.07) is 0. The van der Waals surface area contributed by atoms with Crippen LogP contribution in [-0.4, -0.2) is 26.6 Å². The monoisotopic (exact) mass is 215 g/mol. The predicted molar refractivity (Wildman–Crippen MR) is 48.0 cm³/mol. The van der Waals surface area contributed by atoms with Gasteiger partial charge >= 0.3 is 9.33 Å². The zero-order valence-electron chi connectivity index (χ0n) is 7.29. The number of rotatable bonds is 6. The molecule has 0 aromatic heterocycles. The molecule has 0 saturated heterocycles. The Balaban J connectivity index is 3.95. The van der Waals surface area contributed by atoms with Crippen LogP contribution in [0.5, 0.6) is 0 Å². The van der Waals surface area contributed by atoms with Crippen molar-refractivity contribution < 1.29 is 12.7 Å². The van der Waals surface area contributed by atoms with Crippen LogP contribution >= 0.6 is 10.7 Å². The lowest BCUT2D eigenvalue weighted by Gasteiger charge is -2.16. The van der Waals surface area contributed by atoms with Crippen molar-refractivity contribution in [3.63, 3.8) is 0 Å². The first-order valence-corrected chi connectivity index (χ1v) is 6.12. The van der Waals surface area contributed by atoms with Gasteiger partial charge in [0.1, 0.15) is 0 Å². The first-order chi connectivity index (χ1) is 5.49. The molecule has 0 aliphatic carbocycles. The van der Waals surface area contributed by atoms with Crippen molar-refractivity contribution in [2.24, 2.45) is 0 Å². The van der Waals surface area contributed by atoms with Gasteiger partial charge in [0.2, 0.25) is 0 Å². The van der Waals surface area contributed by atoms with Gasteiger partial charge in [-0.3, -0.25) is 0 Å². The Bertz CT molecular complexity index is 199. The standard InChI is InChI=1S/C6H14ClNO3S/c1-3-5-8(6-4-2)11-12(7,9)10/h3-6H2,1-2H3. The molecule has 0 aliphatic rings. The van der Waals surface area contributed by atoms with E-state index in [1.165, 1.54) is 5.06 Å². The van der Waals surface area contributed by atoms with Crippen LogP contribution in [0.25, 0.3) is 0 Å². The Hall–Kier alpha value is 0.160. The van der Waals surface area contributed by atoms with E-state index in [4.69, 9.17) is 10.7 Å². The third-order valence-electron chi connectivity index (χ3n) is 1.14. The summed E-state index contributed by atoms with van der Waals surface area (Å²) in [5, 5.41) is 1.35. The summed E-state index contributed by atoms with van der Waals surface area (Å²) in [6.07, 6.45) is 1.65. The predicted octanol–water partition coefficient (Wildman–Crippen LogP) is 1.52. The van der Waals surface area contributed by atoms with Gasteiger partial charge in [0.05, 0.1) is 10.7 Å². The molecular formula is C6H14ClNO3S. The minimum Gasteiger partial charge on any atom is -0.180 e. The molecule has 4 nitrogen and oxygen atoms in total. The first kappa shape index (κ1) is 12.2. The molecule has 12 heavy (non-hydrogen) atoms. The number of nitrogens with zero attached hydrogens (tertiary/aromatic N) is 1. The molecule has 0 spiro atoms. The topological polar surface area (TPSA) is 46.6 Å². The maximum atomic E-state index is 10.5. The van der Waals surface area contributed by atoms with Gasteiger partial charge in [-0.25, -0.2) is 0 Å². The smallest absolute Gasteiger partial charge is 0.180 e. The number of hydrogen-bond acceptors (Lipinski definition) is 4. The molecule has 0 amide bonds. The Labute approximate surface area is 78.0 Å². The Morgan fingerprint density at radius 2 is 1.67 bits per heavy atom. The lowest BCUT2D eigenvalue weighted by atomic mass is 10.4. The first-order valence-electron chi connectivity index (χ1n) is 3.88. The molecule has 0 bridgehead atoms. The molecule has 6 heteroatoms. The quantitative estimate of drug-likeness (QED) is 0.498. The minimum absolute atomic E-state index is 0.569. The number of hydrogen-bond donors (Lipinski definition) is 0. The van der Waals surface area contributed by atoms with Crippen molar-refractivity contribution in [2.45, 2.75) is 26.7 Å². The van der Waals surface area contributed by atoms with E-state index in [1.54, 1.807) is 0 Å². The van der Waals surface area contributed by atoms with Crippen LogP contribution in [-0.2, 0) is 13.6 Å². The van der Waals surface area contributed by atoms with Crippen LogP contribution in [0.4, 0.5) is 0 Å². The molecule has 0 heterocycles. The third-order valence-corrected chi connectivity index (χ3v) is 1.70. The van der Waals surface area contributed by atoms with Gasteiger partial charge in [-0.05, 0) is 12.8 Å². The summed E-state index contributed by atoms with van der Waals surface area (Å²) in [5.41, 5.74) is 0. The molecule has 0 saturated carbocycles. The van der Waals surface area contributed by atoms with Crippen molar-refractivity contribution >= 4 is 20.0 Å². The van der Waals surface area contributed by atoms with Crippen LogP contribution in [0.2, 0.25) is 0 Å². The highest BCUT2D eigenvalue weighted by Gasteiger charge is 2.12. The molecule has 0 rings (SSSR count). The molecule has 0 fully saturated rings. The maximum absolute atomic E-state index is 10.5. The third kappa shape index (κ3) is 6.84. The average molecular weight is 216 g/mol. The summed E-state index contributed by atoms with van der Waals surface area (Å²) in [7, 11) is 1.04. The Morgan fingerprint density at radius 1 is 1.25 bits per heavy atom. The molecular weight excluding hydrogens is 202 g/mol. The molecule has 74 valence electrons. The van der Waals surface area contributed by atoms with Crippen LogP contribution < -0.4 is 0 Å². The van der Waals surface area contributed by atoms with Crippen LogP contribution in [0.1, 0.15) is 26.7 Å². The second kappa shape index (κ2) is 5.75. The molecule has 0 unspecified atom stereocenters. The zero-order chi connectivity index (χ0) is 9.61. The maximum Gasteiger partial charge on any atom is 0.371 e. The van der Waals surface area contributed by atoms with Gasteiger partial charge in [0.15, 0.2) is 0 Å². The van der Waals surface area contributed by atoms with Gasteiger partial charge in [-0.2, -0.15) is 17.8 Å². The summed E-state index contributed by atoms with van der Waals surface area (Å²) in [5.74, 6) is 0. The highest BCUT2D eigenvalue weighted by molar-refractivity contribution is 8.09. The molecule has 0 radical (unpaired) electrons. The lowest BCUT2D eigenvalue weighted by Crippen LogP contribution is -2.27. The second-order valence-electron chi connectivity index (χ2n) is 2.40. The lowest BCUT2D eigenvalue weighted by molar-refractivity contribution is -0.0479. The van der Waals surface area contributed by atoms with Crippen LogP contribution in [0, 0.1) is 0 Å². The van der Waals surface area contributed by atoms with E-state index in [0.29, 0.717) is 13.1 Å². The van der Waals surface area contributed by atoms with Gasteiger partial charge in [0.25, 0.3) is 0 Å². The Kier molecular flexibility index (Phi) is 5.82. The van der Waals surface area contributed by atoms with E-state index in [2.05, 4.69) is 4.28 Å². The van der Waals surface area contributed by atoms with E-state index in [0.717, 1.165) is 12.8 Å². The largest absolute Gasteiger partial charge is 0.371 e. The van der Waals surface area contributed by atoms with E-state index in [-0.39, 0.29) is 0 Å². The SMILES string of the molecule is CCCN(CCC)OS(=O)(=O)Cl. The van der Waals surface area contributed by atoms with Crippen LogP contribution in [0.3, 0.4) is 0 Å². The highest BCUT2D eigenvalue weighted by atomic mass is 35.7. The van der Waals surface area contributed by atoms with E-state index in [9.17, 15) is 8.42 Å². The summed E-state index contributed by atoms with van der Waals surface area (Å²) < 4.78 is 25.5. The molecule has 0 aliphatic heterocycles. The van der Waals surface area contributed by atoms with Gasteiger partial charge < -0.3 is 0 Å². The fraction of sp³-hybridized carbons (Fsp3) is 1.00. The van der Waals surface area contributed by atoms with Crippen molar-refractivity contribution in [3.05, 3.63) is 0 Å².